The van der Waals surface area contributed by atoms with Gasteiger partial charge < -0.3 is 10.6 Å². The van der Waals surface area contributed by atoms with Crippen molar-refractivity contribution in [3.63, 3.8) is 0 Å². The SMILES string of the molecule is Cc1cnc(CNC(=O)NC[C@]2(C)CCCS2)s1. The van der Waals surface area contributed by atoms with E-state index in [1.54, 1.807) is 11.3 Å². The molecule has 0 spiro atoms. The quantitative estimate of drug-likeness (QED) is 0.894. The van der Waals surface area contributed by atoms with Crippen LogP contribution in [0, 0.1) is 6.92 Å². The summed E-state index contributed by atoms with van der Waals surface area (Å²) in [4.78, 5) is 17.0. The molecule has 2 N–H and O–H groups in total. The average molecular weight is 285 g/mol. The maximum absolute atomic E-state index is 11.7. The number of nitrogens with zero attached hydrogens (tertiary/aromatic N) is 1. The Bertz CT molecular complexity index is 413. The molecule has 4 nitrogen and oxygen atoms in total. The number of thiazole rings is 1. The van der Waals surface area contributed by atoms with E-state index in [4.69, 9.17) is 0 Å². The van der Waals surface area contributed by atoms with Crippen LogP contribution in [0.5, 0.6) is 0 Å². The number of aromatic nitrogens is 1. The zero-order chi connectivity index (χ0) is 13.0. The highest BCUT2D eigenvalue weighted by molar-refractivity contribution is 8.00. The van der Waals surface area contributed by atoms with Crippen LogP contribution in [0.2, 0.25) is 0 Å². The summed E-state index contributed by atoms with van der Waals surface area (Å²) in [5, 5.41) is 6.74. The summed E-state index contributed by atoms with van der Waals surface area (Å²) < 4.78 is 0.217. The van der Waals surface area contributed by atoms with E-state index in [2.05, 4.69) is 22.5 Å². The van der Waals surface area contributed by atoms with Gasteiger partial charge in [-0.2, -0.15) is 11.8 Å². The molecule has 2 amide bonds. The van der Waals surface area contributed by atoms with Gasteiger partial charge >= 0.3 is 6.03 Å². The van der Waals surface area contributed by atoms with Gasteiger partial charge in [0.25, 0.3) is 0 Å². The van der Waals surface area contributed by atoms with Crippen molar-refractivity contribution in [1.82, 2.24) is 15.6 Å². The van der Waals surface area contributed by atoms with Crippen LogP contribution < -0.4 is 10.6 Å². The molecule has 1 aliphatic heterocycles. The third-order valence-electron chi connectivity index (χ3n) is 2.99. The van der Waals surface area contributed by atoms with Crippen molar-refractivity contribution in [1.29, 1.82) is 0 Å². The molecule has 1 fully saturated rings. The van der Waals surface area contributed by atoms with Crippen molar-refractivity contribution in [2.24, 2.45) is 0 Å². The highest BCUT2D eigenvalue weighted by Crippen LogP contribution is 2.36. The van der Waals surface area contributed by atoms with Crippen molar-refractivity contribution < 1.29 is 4.79 Å². The second-order valence-electron chi connectivity index (χ2n) is 4.80. The molecule has 1 atom stereocenters. The lowest BCUT2D eigenvalue weighted by atomic mass is 10.1. The maximum atomic E-state index is 11.7. The van der Waals surface area contributed by atoms with Gasteiger partial charge in [-0.05, 0) is 32.4 Å². The average Bonchev–Trinajstić information content (AvgIpc) is 2.94. The molecule has 6 heteroatoms. The van der Waals surface area contributed by atoms with Gasteiger partial charge in [-0.3, -0.25) is 0 Å². The topological polar surface area (TPSA) is 54.0 Å². The normalized spacial score (nSPS) is 23.0. The summed E-state index contributed by atoms with van der Waals surface area (Å²) in [6, 6.07) is -0.100. The number of hydrogen-bond acceptors (Lipinski definition) is 4. The van der Waals surface area contributed by atoms with Gasteiger partial charge in [0, 0.05) is 22.4 Å². The van der Waals surface area contributed by atoms with Crippen molar-refractivity contribution in [2.45, 2.75) is 38.0 Å². The highest BCUT2D eigenvalue weighted by Gasteiger charge is 2.29. The van der Waals surface area contributed by atoms with Gasteiger partial charge in [-0.25, -0.2) is 9.78 Å². The first kappa shape index (κ1) is 13.7. The van der Waals surface area contributed by atoms with E-state index in [1.807, 2.05) is 24.9 Å². The predicted octanol–water partition coefficient (Wildman–Crippen LogP) is 2.54. The summed E-state index contributed by atoms with van der Waals surface area (Å²) in [6.07, 6.45) is 4.27. The molecule has 1 aliphatic rings. The zero-order valence-corrected chi connectivity index (χ0v) is 12.4. The van der Waals surface area contributed by atoms with Gasteiger partial charge in [0.15, 0.2) is 0 Å². The van der Waals surface area contributed by atoms with E-state index >= 15 is 0 Å². The van der Waals surface area contributed by atoms with Crippen LogP contribution in [0.4, 0.5) is 4.79 Å². The summed E-state index contributed by atoms with van der Waals surface area (Å²) >= 11 is 3.57. The van der Waals surface area contributed by atoms with Crippen LogP contribution in [0.1, 0.15) is 29.7 Å². The van der Waals surface area contributed by atoms with Crippen molar-refractivity contribution in [3.8, 4) is 0 Å². The predicted molar refractivity (Wildman–Crippen MR) is 77.2 cm³/mol. The molecule has 1 aromatic rings. The lowest BCUT2D eigenvalue weighted by Crippen LogP contribution is -2.42. The highest BCUT2D eigenvalue weighted by atomic mass is 32.2. The van der Waals surface area contributed by atoms with Crippen molar-refractivity contribution in [3.05, 3.63) is 16.1 Å². The Balaban J connectivity index is 1.69. The molecular weight excluding hydrogens is 266 g/mol. The first-order chi connectivity index (χ1) is 8.57. The van der Waals surface area contributed by atoms with Crippen LogP contribution in [0.15, 0.2) is 6.20 Å². The smallest absolute Gasteiger partial charge is 0.315 e. The molecule has 0 aromatic carbocycles. The fourth-order valence-electron chi connectivity index (χ4n) is 1.95. The van der Waals surface area contributed by atoms with Gasteiger partial charge in [0.05, 0.1) is 6.54 Å². The van der Waals surface area contributed by atoms with Crippen LogP contribution >= 0.6 is 23.1 Å². The van der Waals surface area contributed by atoms with E-state index in [9.17, 15) is 4.79 Å². The monoisotopic (exact) mass is 285 g/mol. The molecule has 1 saturated heterocycles. The van der Waals surface area contributed by atoms with Gasteiger partial charge in [0.2, 0.25) is 0 Å². The third kappa shape index (κ3) is 3.88. The summed E-state index contributed by atoms with van der Waals surface area (Å²) in [6.45, 7) is 5.48. The second-order valence-corrected chi connectivity index (χ2v) is 7.80. The van der Waals surface area contributed by atoms with E-state index in [-0.39, 0.29) is 10.8 Å². The molecule has 0 saturated carbocycles. The Hall–Kier alpha value is -0.750. The van der Waals surface area contributed by atoms with Gasteiger partial charge in [-0.1, -0.05) is 0 Å². The van der Waals surface area contributed by atoms with Crippen LogP contribution in [-0.2, 0) is 6.54 Å². The van der Waals surface area contributed by atoms with Crippen molar-refractivity contribution in [2.75, 3.05) is 12.3 Å². The number of carbonyl (C=O) groups is 1. The van der Waals surface area contributed by atoms with Gasteiger partial charge in [0.1, 0.15) is 5.01 Å². The van der Waals surface area contributed by atoms with E-state index < -0.39 is 0 Å². The molecule has 0 radical (unpaired) electrons. The number of rotatable bonds is 4. The summed E-state index contributed by atoms with van der Waals surface area (Å²) in [5.41, 5.74) is 0. The van der Waals surface area contributed by atoms with E-state index in [0.717, 1.165) is 11.6 Å². The first-order valence-corrected chi connectivity index (χ1v) is 7.95. The molecule has 1 aromatic heterocycles. The minimum Gasteiger partial charge on any atom is -0.337 e. The number of amides is 2. The fourth-order valence-corrected chi connectivity index (χ4v) is 3.92. The second kappa shape index (κ2) is 5.93. The molecular formula is C12H19N3OS2. The summed E-state index contributed by atoms with van der Waals surface area (Å²) in [5.74, 6) is 1.21. The summed E-state index contributed by atoms with van der Waals surface area (Å²) in [7, 11) is 0. The number of thioether (sulfide) groups is 1. The van der Waals surface area contributed by atoms with E-state index in [1.165, 1.54) is 23.5 Å². The molecule has 0 unspecified atom stereocenters. The molecule has 2 rings (SSSR count). The minimum atomic E-state index is -0.100. The lowest BCUT2D eigenvalue weighted by molar-refractivity contribution is 0.239. The third-order valence-corrected chi connectivity index (χ3v) is 5.44. The molecule has 18 heavy (non-hydrogen) atoms. The minimum absolute atomic E-state index is 0.100. The van der Waals surface area contributed by atoms with Crippen molar-refractivity contribution >= 4 is 29.1 Å². The standard InChI is InChI=1S/C12H19N3OS2/c1-9-6-13-10(18-9)7-14-11(16)15-8-12(2)4-3-5-17-12/h6H,3-5,7-8H2,1-2H3,(H2,14,15,16)/t12-/m0/s1. The Morgan fingerprint density at radius 3 is 3.00 bits per heavy atom. The first-order valence-electron chi connectivity index (χ1n) is 6.14. The lowest BCUT2D eigenvalue weighted by Gasteiger charge is -2.22. The Morgan fingerprint density at radius 2 is 2.39 bits per heavy atom. The molecule has 100 valence electrons. The number of hydrogen-bond donors (Lipinski definition) is 2. The number of aryl methyl sites for hydroxylation is 1. The molecule has 0 bridgehead atoms. The van der Waals surface area contributed by atoms with Crippen LogP contribution in [0.25, 0.3) is 0 Å². The number of carbonyl (C=O) groups excluding carboxylic acids is 1. The largest absolute Gasteiger partial charge is 0.337 e. The number of urea groups is 1. The zero-order valence-electron chi connectivity index (χ0n) is 10.8. The maximum Gasteiger partial charge on any atom is 0.315 e. The Morgan fingerprint density at radius 1 is 1.56 bits per heavy atom. The van der Waals surface area contributed by atoms with Crippen LogP contribution in [-0.4, -0.2) is 28.1 Å². The van der Waals surface area contributed by atoms with Crippen LogP contribution in [0.3, 0.4) is 0 Å². The van der Waals surface area contributed by atoms with Gasteiger partial charge in [-0.15, -0.1) is 11.3 Å². The Labute approximate surface area is 116 Å². The molecule has 2 heterocycles. The van der Waals surface area contributed by atoms with E-state index in [0.29, 0.717) is 6.54 Å². The number of nitrogens with one attached hydrogen (secondary N) is 2. The molecule has 0 aliphatic carbocycles. The Kier molecular flexibility index (Phi) is 4.50. The fraction of sp³-hybridized carbons (Fsp3) is 0.667.